The molecule has 0 fully saturated rings. The van der Waals surface area contributed by atoms with Crippen LogP contribution in [0.1, 0.15) is 13.8 Å². The first-order chi connectivity index (χ1) is 7.22. The number of fused-ring (bicyclic) bond motifs is 1. The summed E-state index contributed by atoms with van der Waals surface area (Å²) < 4.78 is 27.4. The Morgan fingerprint density at radius 1 is 1.62 bits per heavy atom. The van der Waals surface area contributed by atoms with E-state index < -0.39 is 15.5 Å². The van der Waals surface area contributed by atoms with Gasteiger partial charge in [-0.1, -0.05) is 13.8 Å². The summed E-state index contributed by atoms with van der Waals surface area (Å²) in [5.41, 5.74) is -0.323. The van der Waals surface area contributed by atoms with Gasteiger partial charge in [-0.2, -0.15) is 0 Å². The molecule has 0 saturated carbocycles. The average Bonchev–Trinajstić information content (AvgIpc) is 2.55. The molecule has 0 saturated heterocycles. The van der Waals surface area contributed by atoms with Crippen LogP contribution >= 0.6 is 11.8 Å². The standard InChI is InChI=1S/C9H13NO4S2/c1-9(2)4-15-8-5(7(9)11)3-6(14-8)16(10,12)13/h3,8,11H,4H2,1-2H3,(H2,10,12,13). The predicted octanol–water partition coefficient (Wildman–Crippen LogP) is 1.06. The quantitative estimate of drug-likeness (QED) is 0.738. The van der Waals surface area contributed by atoms with E-state index in [0.29, 0.717) is 11.3 Å². The lowest BCUT2D eigenvalue weighted by Gasteiger charge is -2.31. The van der Waals surface area contributed by atoms with Crippen LogP contribution in [0, 0.1) is 5.41 Å². The van der Waals surface area contributed by atoms with Gasteiger partial charge in [0.15, 0.2) is 5.44 Å². The fraction of sp³-hybridized carbons (Fsp3) is 0.556. The Kier molecular flexibility index (Phi) is 2.52. The van der Waals surface area contributed by atoms with Crippen LogP contribution in [-0.4, -0.2) is 24.7 Å². The molecule has 2 aliphatic heterocycles. The molecule has 2 rings (SSSR count). The molecular weight excluding hydrogens is 250 g/mol. The number of allylic oxidation sites excluding steroid dienone is 1. The van der Waals surface area contributed by atoms with Gasteiger partial charge in [0.05, 0.1) is 0 Å². The van der Waals surface area contributed by atoms with E-state index in [4.69, 9.17) is 9.88 Å². The Labute approximate surface area is 98.4 Å². The maximum Gasteiger partial charge on any atom is 0.271 e. The molecule has 16 heavy (non-hydrogen) atoms. The van der Waals surface area contributed by atoms with Crippen molar-refractivity contribution in [1.29, 1.82) is 0 Å². The zero-order valence-corrected chi connectivity index (χ0v) is 10.6. The van der Waals surface area contributed by atoms with Crippen molar-refractivity contribution in [3.63, 3.8) is 0 Å². The minimum atomic E-state index is -3.84. The van der Waals surface area contributed by atoms with Crippen LogP contribution in [0.2, 0.25) is 0 Å². The molecule has 2 heterocycles. The van der Waals surface area contributed by atoms with Gasteiger partial charge in [-0.15, -0.1) is 11.8 Å². The second-order valence-corrected chi connectivity index (χ2v) is 7.00. The average molecular weight is 263 g/mol. The number of nitrogens with two attached hydrogens (primary N) is 1. The minimum Gasteiger partial charge on any atom is -0.511 e. The smallest absolute Gasteiger partial charge is 0.271 e. The Bertz CT molecular complexity index is 490. The first kappa shape index (κ1) is 11.8. The van der Waals surface area contributed by atoms with Crippen molar-refractivity contribution in [3.05, 3.63) is 22.5 Å². The van der Waals surface area contributed by atoms with Crippen molar-refractivity contribution >= 4 is 21.8 Å². The van der Waals surface area contributed by atoms with E-state index >= 15 is 0 Å². The molecule has 1 atom stereocenters. The van der Waals surface area contributed by atoms with Crippen molar-refractivity contribution in [1.82, 2.24) is 0 Å². The topological polar surface area (TPSA) is 89.6 Å². The molecule has 3 N–H and O–H groups in total. The number of aliphatic hydroxyl groups is 1. The second-order valence-electron chi connectivity index (χ2n) is 4.46. The molecule has 0 aromatic rings. The van der Waals surface area contributed by atoms with Gasteiger partial charge in [-0.05, 0) is 0 Å². The molecule has 90 valence electrons. The molecule has 7 heteroatoms. The lowest BCUT2D eigenvalue weighted by atomic mass is 9.90. The third kappa shape index (κ3) is 1.83. The zero-order valence-electron chi connectivity index (χ0n) is 8.93. The summed E-state index contributed by atoms with van der Waals surface area (Å²) in [7, 11) is -3.84. The van der Waals surface area contributed by atoms with Crippen LogP contribution in [-0.2, 0) is 14.8 Å². The normalized spacial score (nSPS) is 28.4. The first-order valence-electron chi connectivity index (χ1n) is 4.68. The molecule has 0 spiro atoms. The number of aliphatic hydroxyl groups excluding tert-OH is 1. The summed E-state index contributed by atoms with van der Waals surface area (Å²) in [6.45, 7) is 3.78. The largest absolute Gasteiger partial charge is 0.511 e. The second kappa shape index (κ2) is 3.41. The summed E-state index contributed by atoms with van der Waals surface area (Å²) in [4.78, 5) is 0. The maximum atomic E-state index is 11.1. The number of hydrogen-bond acceptors (Lipinski definition) is 5. The molecule has 2 aliphatic rings. The zero-order chi connectivity index (χ0) is 12.1. The predicted molar refractivity (Wildman–Crippen MR) is 62.0 cm³/mol. The van der Waals surface area contributed by atoms with Crippen LogP contribution in [0.25, 0.3) is 0 Å². The molecule has 0 radical (unpaired) electrons. The number of rotatable bonds is 1. The Balaban J connectivity index is 2.47. The molecule has 0 aromatic heterocycles. The van der Waals surface area contributed by atoms with E-state index in [9.17, 15) is 13.5 Å². The molecule has 5 nitrogen and oxygen atoms in total. The van der Waals surface area contributed by atoms with Crippen LogP contribution in [0.4, 0.5) is 0 Å². The summed E-state index contributed by atoms with van der Waals surface area (Å²) in [6.07, 6.45) is 1.31. The van der Waals surface area contributed by atoms with Gasteiger partial charge in [-0.3, -0.25) is 0 Å². The van der Waals surface area contributed by atoms with Crippen LogP contribution < -0.4 is 5.14 Å². The van der Waals surface area contributed by atoms with Gasteiger partial charge >= 0.3 is 0 Å². The fourth-order valence-corrected chi connectivity index (χ4v) is 3.41. The van der Waals surface area contributed by atoms with Gasteiger partial charge < -0.3 is 9.84 Å². The van der Waals surface area contributed by atoms with Gasteiger partial charge in [0.25, 0.3) is 10.0 Å². The van der Waals surface area contributed by atoms with Gasteiger partial charge in [0.2, 0.25) is 5.09 Å². The summed E-state index contributed by atoms with van der Waals surface area (Å²) in [6, 6.07) is 0. The van der Waals surface area contributed by atoms with E-state index in [2.05, 4.69) is 0 Å². The lowest BCUT2D eigenvalue weighted by Crippen LogP contribution is -2.28. The molecule has 1 unspecified atom stereocenters. The first-order valence-corrected chi connectivity index (χ1v) is 7.28. The summed E-state index contributed by atoms with van der Waals surface area (Å²) in [5.74, 6) is 0.841. The van der Waals surface area contributed by atoms with Crippen molar-refractivity contribution in [2.24, 2.45) is 10.6 Å². The summed E-state index contributed by atoms with van der Waals surface area (Å²) in [5, 5.41) is 14.7. The van der Waals surface area contributed by atoms with Crippen LogP contribution in [0.3, 0.4) is 0 Å². The SMILES string of the molecule is CC1(C)CSC2OC(S(N)(=O)=O)=CC2=C1O. The summed E-state index contributed by atoms with van der Waals surface area (Å²) >= 11 is 1.45. The van der Waals surface area contributed by atoms with Crippen molar-refractivity contribution in [2.45, 2.75) is 19.3 Å². The number of ether oxygens (including phenoxy) is 1. The van der Waals surface area contributed by atoms with Gasteiger partial charge in [-0.25, -0.2) is 13.6 Å². The monoisotopic (exact) mass is 263 g/mol. The lowest BCUT2D eigenvalue weighted by molar-refractivity contribution is 0.223. The van der Waals surface area contributed by atoms with Gasteiger partial charge in [0.1, 0.15) is 5.76 Å². The van der Waals surface area contributed by atoms with E-state index in [0.717, 1.165) is 0 Å². The van der Waals surface area contributed by atoms with E-state index in [1.165, 1.54) is 17.8 Å². The Hall–Kier alpha value is -0.660. The number of primary sulfonamides is 1. The van der Waals surface area contributed by atoms with Crippen LogP contribution in [0.15, 0.2) is 22.5 Å². The number of sulfonamides is 1. The highest BCUT2D eigenvalue weighted by molar-refractivity contribution is 8.00. The van der Waals surface area contributed by atoms with E-state index in [1.54, 1.807) is 0 Å². The number of hydrogen-bond donors (Lipinski definition) is 2. The molecule has 0 bridgehead atoms. The molecule has 0 amide bonds. The Morgan fingerprint density at radius 3 is 2.81 bits per heavy atom. The van der Waals surface area contributed by atoms with E-state index in [1.807, 2.05) is 13.8 Å². The minimum absolute atomic E-state index is 0.176. The van der Waals surface area contributed by atoms with Crippen molar-refractivity contribution in [3.8, 4) is 0 Å². The fourth-order valence-electron chi connectivity index (χ4n) is 1.59. The van der Waals surface area contributed by atoms with Crippen LogP contribution in [0.5, 0.6) is 0 Å². The Morgan fingerprint density at radius 2 is 2.25 bits per heavy atom. The highest BCUT2D eigenvalue weighted by Gasteiger charge is 2.41. The number of thioether (sulfide) groups is 1. The third-order valence-corrected chi connectivity index (χ3v) is 4.86. The third-order valence-electron chi connectivity index (χ3n) is 2.54. The van der Waals surface area contributed by atoms with Gasteiger partial charge in [0, 0.05) is 22.8 Å². The van der Waals surface area contributed by atoms with Crippen molar-refractivity contribution < 1.29 is 18.3 Å². The van der Waals surface area contributed by atoms with Crippen molar-refractivity contribution in [2.75, 3.05) is 5.75 Å². The maximum absolute atomic E-state index is 11.1. The molecule has 0 aliphatic carbocycles. The highest BCUT2D eigenvalue weighted by Crippen LogP contribution is 2.45. The highest BCUT2D eigenvalue weighted by atomic mass is 32.2. The molecule has 0 aromatic carbocycles. The van der Waals surface area contributed by atoms with E-state index in [-0.39, 0.29) is 16.3 Å². The molecular formula is C9H13NO4S2.